The molecule has 4 heteroatoms. The zero-order valence-corrected chi connectivity index (χ0v) is 13.8. The Kier molecular flexibility index (Phi) is 5.63. The van der Waals surface area contributed by atoms with Gasteiger partial charge in [0.15, 0.2) is 11.6 Å². The van der Waals surface area contributed by atoms with Crippen molar-refractivity contribution in [3.05, 3.63) is 58.6 Å². The summed E-state index contributed by atoms with van der Waals surface area (Å²) in [7, 11) is 0. The normalized spacial score (nSPS) is 12.0. The second-order valence-electron chi connectivity index (χ2n) is 5.24. The van der Waals surface area contributed by atoms with Crippen LogP contribution in [0.4, 0.5) is 0 Å². The molecule has 114 valence electrons. The van der Waals surface area contributed by atoms with Crippen molar-refractivity contribution in [1.29, 1.82) is 0 Å². The summed E-state index contributed by atoms with van der Waals surface area (Å²) in [6, 6.07) is 15.3. The highest BCUT2D eigenvalue weighted by molar-refractivity contribution is 9.10. The molecule has 2 aromatic carbocycles. The fraction of sp³-hybridized carbons (Fsp3) is 0.222. The molecule has 0 aromatic heterocycles. The molecule has 2 rings (SSSR count). The number of carbonyl (C=O) groups is 2. The molecule has 0 aliphatic carbocycles. The predicted octanol–water partition coefficient (Wildman–Crippen LogP) is 3.89. The minimum atomic E-state index is -0.517. The molecule has 22 heavy (non-hydrogen) atoms. The summed E-state index contributed by atoms with van der Waals surface area (Å²) in [6.45, 7) is 1.14. The van der Waals surface area contributed by atoms with E-state index in [9.17, 15) is 9.59 Å². The van der Waals surface area contributed by atoms with Crippen molar-refractivity contribution in [2.24, 2.45) is 5.92 Å². The van der Waals surface area contributed by atoms with E-state index in [2.05, 4.69) is 15.9 Å². The Morgan fingerprint density at radius 3 is 2.00 bits per heavy atom. The number of aliphatic hydroxyl groups excluding tert-OH is 1. The molecule has 2 aromatic rings. The third kappa shape index (κ3) is 4.12. The first-order valence-corrected chi connectivity index (χ1v) is 7.83. The highest BCUT2D eigenvalue weighted by atomic mass is 79.9. The Balaban J connectivity index is 2.10. The van der Waals surface area contributed by atoms with Gasteiger partial charge in [0, 0.05) is 22.4 Å². The van der Waals surface area contributed by atoms with Gasteiger partial charge in [-0.25, -0.2) is 0 Å². The number of hydrogen-bond acceptors (Lipinski definition) is 3. The van der Waals surface area contributed by atoms with Crippen molar-refractivity contribution in [3.8, 4) is 11.1 Å². The van der Waals surface area contributed by atoms with Crippen LogP contribution < -0.4 is 0 Å². The lowest BCUT2D eigenvalue weighted by atomic mass is 9.95. The lowest BCUT2D eigenvalue weighted by Crippen LogP contribution is -2.18. The van der Waals surface area contributed by atoms with E-state index < -0.39 is 12.5 Å². The molecule has 0 saturated carbocycles. The molecule has 0 aliphatic heterocycles. The number of Topliss-reactive ketones (excluding diaryl/α,β-unsaturated/α-hetero) is 2. The second kappa shape index (κ2) is 7.47. The molecule has 0 unspecified atom stereocenters. The first-order chi connectivity index (χ1) is 10.5. The minimum absolute atomic E-state index is 0.0864. The van der Waals surface area contributed by atoms with E-state index in [4.69, 9.17) is 5.11 Å². The number of benzene rings is 2. The van der Waals surface area contributed by atoms with Crippen LogP contribution in [0.15, 0.2) is 53.0 Å². The first-order valence-electron chi connectivity index (χ1n) is 7.04. The maximum atomic E-state index is 12.1. The van der Waals surface area contributed by atoms with Gasteiger partial charge in [0.25, 0.3) is 0 Å². The van der Waals surface area contributed by atoms with Crippen molar-refractivity contribution in [2.75, 3.05) is 6.61 Å². The molecule has 0 fully saturated rings. The molecular weight excluding hydrogens is 344 g/mol. The van der Waals surface area contributed by atoms with Gasteiger partial charge in [0.05, 0.1) is 0 Å². The Morgan fingerprint density at radius 1 is 1.00 bits per heavy atom. The summed E-state index contributed by atoms with van der Waals surface area (Å²) in [5.41, 5.74) is 2.69. The predicted molar refractivity (Wildman–Crippen MR) is 89.8 cm³/mol. The topological polar surface area (TPSA) is 54.4 Å². The van der Waals surface area contributed by atoms with Gasteiger partial charge in [-0.3, -0.25) is 9.59 Å². The second-order valence-corrected chi connectivity index (χ2v) is 6.15. The summed E-state index contributed by atoms with van der Waals surface area (Å²) < 4.78 is 1.02. The molecule has 3 nitrogen and oxygen atoms in total. The van der Waals surface area contributed by atoms with Gasteiger partial charge in [-0.15, -0.1) is 0 Å². The molecule has 1 atom stereocenters. The summed E-state index contributed by atoms with van der Waals surface area (Å²) >= 11 is 3.40. The Labute approximate surface area is 138 Å². The van der Waals surface area contributed by atoms with E-state index in [0.29, 0.717) is 5.56 Å². The fourth-order valence-electron chi connectivity index (χ4n) is 2.16. The SMILES string of the molecule is C[C@@H](CC(=O)c1ccc(-c2ccc(Br)cc2)cc1)C(=O)CO. The van der Waals surface area contributed by atoms with Gasteiger partial charge in [-0.05, 0) is 23.3 Å². The maximum Gasteiger partial charge on any atom is 0.163 e. The van der Waals surface area contributed by atoms with E-state index >= 15 is 0 Å². The van der Waals surface area contributed by atoms with E-state index in [1.165, 1.54) is 0 Å². The van der Waals surface area contributed by atoms with E-state index in [-0.39, 0.29) is 18.0 Å². The maximum absolute atomic E-state index is 12.1. The van der Waals surface area contributed by atoms with Gasteiger partial charge in [0.1, 0.15) is 6.61 Å². The van der Waals surface area contributed by atoms with Crippen molar-refractivity contribution in [3.63, 3.8) is 0 Å². The van der Waals surface area contributed by atoms with Crippen LogP contribution in [0.3, 0.4) is 0 Å². The van der Waals surface area contributed by atoms with Gasteiger partial charge in [-0.1, -0.05) is 59.3 Å². The Hall–Kier alpha value is -1.78. The molecule has 0 heterocycles. The standard InChI is InChI=1S/C18H17BrO3/c1-12(18(22)11-20)10-17(21)15-4-2-13(3-5-15)14-6-8-16(19)9-7-14/h2-9,12,20H,10-11H2,1H3/t12-/m0/s1. The van der Waals surface area contributed by atoms with Crippen LogP contribution in [0.2, 0.25) is 0 Å². The number of ketones is 2. The summed E-state index contributed by atoms with van der Waals surface area (Å²) in [6.07, 6.45) is 0.122. The largest absolute Gasteiger partial charge is 0.389 e. The lowest BCUT2D eigenvalue weighted by molar-refractivity contribution is -0.125. The number of halogens is 1. The number of hydrogen-bond donors (Lipinski definition) is 1. The quantitative estimate of drug-likeness (QED) is 0.795. The summed E-state index contributed by atoms with van der Waals surface area (Å²) in [5, 5.41) is 8.81. The van der Waals surface area contributed by atoms with Crippen LogP contribution in [0, 0.1) is 5.92 Å². The third-order valence-electron chi connectivity index (χ3n) is 3.58. The van der Waals surface area contributed by atoms with Gasteiger partial charge in [-0.2, -0.15) is 0 Å². The van der Waals surface area contributed by atoms with Gasteiger partial charge < -0.3 is 5.11 Å². The molecule has 1 N–H and O–H groups in total. The minimum Gasteiger partial charge on any atom is -0.389 e. The Morgan fingerprint density at radius 2 is 1.50 bits per heavy atom. The van der Waals surface area contributed by atoms with Crippen molar-refractivity contribution >= 4 is 27.5 Å². The Bertz CT molecular complexity index is 660. The van der Waals surface area contributed by atoms with Crippen LogP contribution in [0.1, 0.15) is 23.7 Å². The molecule has 0 bridgehead atoms. The molecule has 0 saturated heterocycles. The lowest BCUT2D eigenvalue weighted by Gasteiger charge is -2.08. The van der Waals surface area contributed by atoms with Crippen LogP contribution in [-0.2, 0) is 4.79 Å². The van der Waals surface area contributed by atoms with Crippen LogP contribution >= 0.6 is 15.9 Å². The van der Waals surface area contributed by atoms with Gasteiger partial charge in [0.2, 0.25) is 0 Å². The summed E-state index contributed by atoms with van der Waals surface area (Å²) in [5.74, 6) is -0.847. The number of rotatable bonds is 6. The fourth-order valence-corrected chi connectivity index (χ4v) is 2.42. The van der Waals surface area contributed by atoms with Crippen LogP contribution in [0.25, 0.3) is 11.1 Å². The van der Waals surface area contributed by atoms with E-state index in [0.717, 1.165) is 15.6 Å². The highest BCUT2D eigenvalue weighted by Gasteiger charge is 2.17. The third-order valence-corrected chi connectivity index (χ3v) is 4.11. The van der Waals surface area contributed by atoms with E-state index in [1.54, 1.807) is 19.1 Å². The number of carbonyl (C=O) groups excluding carboxylic acids is 2. The monoisotopic (exact) mass is 360 g/mol. The van der Waals surface area contributed by atoms with E-state index in [1.807, 2.05) is 36.4 Å². The average molecular weight is 361 g/mol. The van der Waals surface area contributed by atoms with Crippen LogP contribution in [0.5, 0.6) is 0 Å². The van der Waals surface area contributed by atoms with Crippen molar-refractivity contribution < 1.29 is 14.7 Å². The molecule has 0 spiro atoms. The van der Waals surface area contributed by atoms with Crippen molar-refractivity contribution in [1.82, 2.24) is 0 Å². The zero-order valence-electron chi connectivity index (χ0n) is 12.3. The summed E-state index contributed by atoms with van der Waals surface area (Å²) in [4.78, 5) is 23.5. The number of aliphatic hydroxyl groups is 1. The average Bonchev–Trinajstić information content (AvgIpc) is 2.54. The molecule has 0 amide bonds. The highest BCUT2D eigenvalue weighted by Crippen LogP contribution is 2.22. The first kappa shape index (κ1) is 16.6. The van der Waals surface area contributed by atoms with Gasteiger partial charge >= 0.3 is 0 Å². The molecular formula is C18H17BrO3. The zero-order chi connectivity index (χ0) is 16.1. The molecule has 0 radical (unpaired) electrons. The van der Waals surface area contributed by atoms with Crippen molar-refractivity contribution in [2.45, 2.75) is 13.3 Å². The van der Waals surface area contributed by atoms with Crippen LogP contribution in [-0.4, -0.2) is 23.3 Å². The smallest absolute Gasteiger partial charge is 0.163 e. The molecule has 0 aliphatic rings.